The van der Waals surface area contributed by atoms with Gasteiger partial charge in [0.15, 0.2) is 29.5 Å². The third-order valence-corrected chi connectivity index (χ3v) is 6.36. The standard InChI is InChI=1S/C9H12O6S4.Zn/c1-17(10,11)6-4-7(18(2,12)13)9(16)8(5-6)19(3,14)15;/h4-5,16H,1-3H3;. The average Bonchev–Trinajstić information content (AvgIpc) is 2.11. The quantitative estimate of drug-likeness (QED) is 0.564. The maximum absolute atomic E-state index is 11.6. The minimum Gasteiger partial charge on any atom is -0.224 e. The van der Waals surface area contributed by atoms with Gasteiger partial charge in [-0.05, 0) is 12.1 Å². The summed E-state index contributed by atoms with van der Waals surface area (Å²) in [7, 11) is -11.4. The molecule has 0 aliphatic rings. The normalized spacial score (nSPS) is 12.8. The fraction of sp³-hybridized carbons (Fsp3) is 0.333. The summed E-state index contributed by atoms with van der Waals surface area (Å²) in [5, 5.41) is 0. The van der Waals surface area contributed by atoms with Crippen molar-refractivity contribution in [3.63, 3.8) is 0 Å². The molecule has 0 heterocycles. The summed E-state index contributed by atoms with van der Waals surface area (Å²) < 4.78 is 69.3. The van der Waals surface area contributed by atoms with Gasteiger partial charge in [0.1, 0.15) is 0 Å². The number of hydrogen-bond acceptors (Lipinski definition) is 7. The van der Waals surface area contributed by atoms with Crippen molar-refractivity contribution in [2.24, 2.45) is 0 Å². The van der Waals surface area contributed by atoms with E-state index >= 15 is 0 Å². The van der Waals surface area contributed by atoms with Crippen LogP contribution in [0, 0.1) is 0 Å². The van der Waals surface area contributed by atoms with E-state index in [0.29, 0.717) is 0 Å². The molecule has 11 heteroatoms. The monoisotopic (exact) mass is 408 g/mol. The second kappa shape index (κ2) is 6.04. The Morgan fingerprint density at radius 3 is 1.25 bits per heavy atom. The molecule has 0 fully saturated rings. The van der Waals surface area contributed by atoms with Crippen LogP contribution >= 0.6 is 12.6 Å². The van der Waals surface area contributed by atoms with Gasteiger partial charge in [0.05, 0.1) is 14.7 Å². The van der Waals surface area contributed by atoms with Gasteiger partial charge >= 0.3 is 0 Å². The van der Waals surface area contributed by atoms with Crippen LogP contribution in [0.15, 0.2) is 31.7 Å². The first kappa shape index (κ1) is 20.0. The first-order valence-corrected chi connectivity index (χ1v) is 10.8. The van der Waals surface area contributed by atoms with Crippen LogP contribution in [0.2, 0.25) is 0 Å². The predicted octanol–water partition coefficient (Wildman–Crippen LogP) is 0.183. The van der Waals surface area contributed by atoms with E-state index in [4.69, 9.17) is 0 Å². The van der Waals surface area contributed by atoms with Gasteiger partial charge in [-0.2, -0.15) is 0 Å². The molecule has 0 saturated heterocycles. The fourth-order valence-electron chi connectivity index (χ4n) is 1.34. The smallest absolute Gasteiger partial charge is 0.176 e. The summed E-state index contributed by atoms with van der Waals surface area (Å²) in [6.45, 7) is 0. The van der Waals surface area contributed by atoms with E-state index in [2.05, 4.69) is 12.6 Å². The van der Waals surface area contributed by atoms with Gasteiger partial charge in [-0.3, -0.25) is 0 Å². The summed E-state index contributed by atoms with van der Waals surface area (Å²) in [5.41, 5.74) is 0. The number of benzene rings is 1. The van der Waals surface area contributed by atoms with Gasteiger partial charge in [0.25, 0.3) is 0 Å². The third-order valence-electron chi connectivity index (χ3n) is 2.24. The summed E-state index contributed by atoms with van der Waals surface area (Å²) >= 11 is 3.89. The second-order valence-corrected chi connectivity index (χ2v) is 10.5. The molecule has 0 saturated carbocycles. The molecule has 1 rings (SSSR count). The maximum Gasteiger partial charge on any atom is 0.176 e. The largest absolute Gasteiger partial charge is 0.224 e. The Balaban J connectivity index is 0.00000361. The molecule has 0 aromatic heterocycles. The van der Waals surface area contributed by atoms with Crippen molar-refractivity contribution in [1.29, 1.82) is 0 Å². The Morgan fingerprint density at radius 1 is 0.750 bits per heavy atom. The van der Waals surface area contributed by atoms with E-state index in [0.717, 1.165) is 30.9 Å². The number of rotatable bonds is 3. The molecule has 0 bridgehead atoms. The van der Waals surface area contributed by atoms with Crippen molar-refractivity contribution in [3.05, 3.63) is 12.1 Å². The Kier molecular flexibility index (Phi) is 6.05. The molecule has 0 radical (unpaired) electrons. The van der Waals surface area contributed by atoms with Crippen LogP contribution in [0.4, 0.5) is 0 Å². The summed E-state index contributed by atoms with van der Waals surface area (Å²) in [5.74, 6) is 0. The minimum atomic E-state index is -3.80. The first-order chi connectivity index (χ1) is 8.24. The number of hydrogen-bond donors (Lipinski definition) is 1. The van der Waals surface area contributed by atoms with E-state index in [1.165, 1.54) is 0 Å². The van der Waals surface area contributed by atoms with Crippen molar-refractivity contribution in [2.75, 3.05) is 18.8 Å². The zero-order valence-electron chi connectivity index (χ0n) is 11.0. The van der Waals surface area contributed by atoms with E-state index in [-0.39, 0.29) is 29.3 Å². The molecule has 0 N–H and O–H groups in total. The van der Waals surface area contributed by atoms with Crippen LogP contribution in [0.3, 0.4) is 0 Å². The van der Waals surface area contributed by atoms with Gasteiger partial charge in [0.2, 0.25) is 0 Å². The fourth-order valence-corrected chi connectivity index (χ4v) is 4.94. The van der Waals surface area contributed by atoms with E-state index in [1.807, 2.05) is 0 Å². The Bertz CT molecular complexity index is 783. The second-order valence-electron chi connectivity index (χ2n) is 4.08. The Hall–Kier alpha value is 0.0434. The van der Waals surface area contributed by atoms with Crippen molar-refractivity contribution < 1.29 is 44.7 Å². The Labute approximate surface area is 136 Å². The van der Waals surface area contributed by atoms with Crippen molar-refractivity contribution in [3.8, 4) is 0 Å². The van der Waals surface area contributed by atoms with Crippen molar-refractivity contribution >= 4 is 42.1 Å². The van der Waals surface area contributed by atoms with Crippen LogP contribution in [0.5, 0.6) is 0 Å². The van der Waals surface area contributed by atoms with Crippen LogP contribution in [0.1, 0.15) is 0 Å². The number of thiol groups is 1. The molecule has 0 aliphatic heterocycles. The topological polar surface area (TPSA) is 102 Å². The first-order valence-electron chi connectivity index (χ1n) is 4.72. The van der Waals surface area contributed by atoms with Crippen LogP contribution in [-0.2, 0) is 49.0 Å². The Morgan fingerprint density at radius 2 is 1.05 bits per heavy atom. The molecule has 0 unspecified atom stereocenters. The maximum atomic E-state index is 11.6. The molecule has 0 amide bonds. The molecule has 1 aromatic rings. The van der Waals surface area contributed by atoms with Crippen LogP contribution in [-0.4, -0.2) is 44.0 Å². The van der Waals surface area contributed by atoms with Crippen LogP contribution < -0.4 is 0 Å². The van der Waals surface area contributed by atoms with Gasteiger partial charge < -0.3 is 0 Å². The molecular weight excluding hydrogens is 398 g/mol. The van der Waals surface area contributed by atoms with Crippen LogP contribution in [0.25, 0.3) is 0 Å². The average molecular weight is 410 g/mol. The number of sulfone groups is 3. The molecule has 0 spiro atoms. The molecule has 6 nitrogen and oxygen atoms in total. The molecular formula is C9H12O6S4Zn. The van der Waals surface area contributed by atoms with Gasteiger partial charge in [-0.15, -0.1) is 12.6 Å². The zero-order valence-corrected chi connectivity index (χ0v) is 17.3. The molecule has 20 heavy (non-hydrogen) atoms. The molecule has 1 aromatic carbocycles. The SMILES string of the molecule is CS(=O)(=O)c1cc(S(C)(=O)=O)c(S)c(S(C)(=O)=O)c1.[Zn]. The van der Waals surface area contributed by atoms with Gasteiger partial charge in [0, 0.05) is 43.1 Å². The van der Waals surface area contributed by atoms with Crippen molar-refractivity contribution in [2.45, 2.75) is 19.6 Å². The van der Waals surface area contributed by atoms with Gasteiger partial charge in [-0.25, -0.2) is 25.3 Å². The summed E-state index contributed by atoms with van der Waals surface area (Å²) in [4.78, 5) is -1.53. The van der Waals surface area contributed by atoms with E-state index in [9.17, 15) is 25.3 Å². The summed E-state index contributed by atoms with van der Waals surface area (Å²) in [6.07, 6.45) is 2.55. The minimum absolute atomic E-state index is 0. The molecule has 0 atom stereocenters. The predicted molar refractivity (Wildman–Crippen MR) is 73.0 cm³/mol. The molecule has 110 valence electrons. The van der Waals surface area contributed by atoms with E-state index in [1.54, 1.807) is 0 Å². The van der Waals surface area contributed by atoms with E-state index < -0.39 is 39.3 Å². The zero-order chi connectivity index (χ0) is 15.2. The summed E-state index contributed by atoms with van der Waals surface area (Å²) in [6, 6.07) is 1.81. The third kappa shape index (κ3) is 4.52. The molecule has 0 aliphatic carbocycles. The van der Waals surface area contributed by atoms with Crippen molar-refractivity contribution in [1.82, 2.24) is 0 Å². The van der Waals surface area contributed by atoms with Gasteiger partial charge in [-0.1, -0.05) is 0 Å².